The van der Waals surface area contributed by atoms with E-state index in [1.54, 1.807) is 7.11 Å². The van der Waals surface area contributed by atoms with E-state index in [2.05, 4.69) is 37.9 Å². The Labute approximate surface area is 127 Å². The quantitative estimate of drug-likeness (QED) is 0.630. The molecule has 1 atom stereocenters. The molecular weight excluding hydrogens is 356 g/mol. The summed E-state index contributed by atoms with van der Waals surface area (Å²) in [7, 11) is 1.75. The molecule has 0 spiro atoms. The molecule has 0 N–H and O–H groups in total. The minimum atomic E-state index is 0.656. The van der Waals surface area contributed by atoms with Gasteiger partial charge in [0, 0.05) is 9.30 Å². The van der Waals surface area contributed by atoms with Crippen molar-refractivity contribution in [3.8, 4) is 5.75 Å². The van der Waals surface area contributed by atoms with E-state index in [0.29, 0.717) is 4.83 Å². The molecule has 0 aliphatic heterocycles. The van der Waals surface area contributed by atoms with E-state index in [1.807, 2.05) is 12.1 Å². The molecule has 0 heterocycles. The van der Waals surface area contributed by atoms with Crippen molar-refractivity contribution in [2.75, 3.05) is 7.11 Å². The van der Waals surface area contributed by atoms with Crippen molar-refractivity contribution < 1.29 is 4.74 Å². The Morgan fingerprint density at radius 2 is 2.06 bits per heavy atom. The van der Waals surface area contributed by atoms with Crippen LogP contribution in [0.4, 0.5) is 0 Å². The van der Waals surface area contributed by atoms with E-state index in [0.717, 1.165) is 22.6 Å². The highest BCUT2D eigenvalue weighted by Crippen LogP contribution is 2.34. The predicted octanol–water partition coefficient (Wildman–Crippen LogP) is 5.34. The molecule has 1 nitrogen and oxygen atoms in total. The van der Waals surface area contributed by atoms with Crippen LogP contribution in [0.1, 0.15) is 37.7 Å². The highest BCUT2D eigenvalue weighted by molar-refractivity contribution is 9.10. The monoisotopic (exact) mass is 374 g/mol. The van der Waals surface area contributed by atoms with Crippen LogP contribution in [-0.2, 0) is 6.42 Å². The van der Waals surface area contributed by atoms with Crippen LogP contribution in [0.3, 0.4) is 0 Å². The topological polar surface area (TPSA) is 9.23 Å². The van der Waals surface area contributed by atoms with Crippen LogP contribution in [0.25, 0.3) is 0 Å². The third-order valence-electron chi connectivity index (χ3n) is 3.84. The van der Waals surface area contributed by atoms with Crippen LogP contribution in [0.15, 0.2) is 22.7 Å². The highest BCUT2D eigenvalue weighted by atomic mass is 79.9. The maximum absolute atomic E-state index is 5.42. The first-order chi connectivity index (χ1) is 8.70. The number of halogens is 2. The SMILES string of the molecule is COc1ccc(Br)cc1CCC(Br)C1CCCC1. The predicted molar refractivity (Wildman–Crippen MR) is 83.7 cm³/mol. The van der Waals surface area contributed by atoms with Gasteiger partial charge in [0.2, 0.25) is 0 Å². The molecule has 3 heteroatoms. The number of hydrogen-bond donors (Lipinski definition) is 0. The molecule has 0 amide bonds. The molecule has 0 saturated heterocycles. The standard InChI is InChI=1S/C15H20Br2O/c1-18-15-9-7-13(16)10-12(15)6-8-14(17)11-4-2-3-5-11/h7,9-11,14H,2-6,8H2,1H3. The first-order valence-electron chi connectivity index (χ1n) is 6.67. The minimum absolute atomic E-state index is 0.656. The molecule has 100 valence electrons. The number of rotatable bonds is 5. The fourth-order valence-corrected chi connectivity index (χ4v) is 3.96. The van der Waals surface area contributed by atoms with Gasteiger partial charge in [0.1, 0.15) is 5.75 Å². The second-order valence-corrected chi connectivity index (χ2v) is 7.15. The lowest BCUT2D eigenvalue weighted by Gasteiger charge is -2.17. The number of alkyl halides is 1. The largest absolute Gasteiger partial charge is 0.496 e. The molecule has 18 heavy (non-hydrogen) atoms. The fourth-order valence-electron chi connectivity index (χ4n) is 2.79. The minimum Gasteiger partial charge on any atom is -0.496 e. The van der Waals surface area contributed by atoms with Crippen molar-refractivity contribution >= 4 is 31.9 Å². The van der Waals surface area contributed by atoms with Gasteiger partial charge in [-0.1, -0.05) is 44.7 Å². The highest BCUT2D eigenvalue weighted by Gasteiger charge is 2.22. The van der Waals surface area contributed by atoms with Crippen molar-refractivity contribution in [2.24, 2.45) is 5.92 Å². The molecule has 2 rings (SSSR count). The van der Waals surface area contributed by atoms with E-state index in [-0.39, 0.29) is 0 Å². The van der Waals surface area contributed by atoms with Gasteiger partial charge < -0.3 is 4.74 Å². The van der Waals surface area contributed by atoms with Crippen LogP contribution in [-0.4, -0.2) is 11.9 Å². The first-order valence-corrected chi connectivity index (χ1v) is 8.38. The molecular formula is C15H20Br2O. The molecule has 1 saturated carbocycles. The van der Waals surface area contributed by atoms with Gasteiger partial charge in [0.05, 0.1) is 7.11 Å². The summed E-state index contributed by atoms with van der Waals surface area (Å²) in [5, 5.41) is 0. The summed E-state index contributed by atoms with van der Waals surface area (Å²) in [6, 6.07) is 6.25. The smallest absolute Gasteiger partial charge is 0.122 e. The Balaban J connectivity index is 1.94. The maximum atomic E-state index is 5.42. The first kappa shape index (κ1) is 14.4. The van der Waals surface area contributed by atoms with Crippen LogP contribution in [0, 0.1) is 5.92 Å². The average Bonchev–Trinajstić information content (AvgIpc) is 2.90. The number of hydrogen-bond acceptors (Lipinski definition) is 1. The average molecular weight is 376 g/mol. The Bertz CT molecular complexity index is 386. The summed E-state index contributed by atoms with van der Waals surface area (Å²) in [5.41, 5.74) is 1.30. The molecule has 0 aromatic heterocycles. The van der Waals surface area contributed by atoms with Gasteiger partial charge in [0.15, 0.2) is 0 Å². The maximum Gasteiger partial charge on any atom is 0.122 e. The lowest BCUT2D eigenvalue weighted by molar-refractivity contribution is 0.407. The normalized spacial score (nSPS) is 17.9. The van der Waals surface area contributed by atoms with Crippen LogP contribution >= 0.6 is 31.9 Å². The lowest BCUT2D eigenvalue weighted by Crippen LogP contribution is -2.11. The van der Waals surface area contributed by atoms with Gasteiger partial charge in [-0.2, -0.15) is 0 Å². The van der Waals surface area contributed by atoms with E-state index in [4.69, 9.17) is 4.74 Å². The van der Waals surface area contributed by atoms with Crippen LogP contribution in [0.5, 0.6) is 5.75 Å². The van der Waals surface area contributed by atoms with Gasteiger partial charge in [-0.3, -0.25) is 0 Å². The summed E-state index contributed by atoms with van der Waals surface area (Å²) in [4.78, 5) is 0.656. The Morgan fingerprint density at radius 1 is 1.33 bits per heavy atom. The second-order valence-electron chi connectivity index (χ2n) is 5.06. The van der Waals surface area contributed by atoms with E-state index in [9.17, 15) is 0 Å². The number of benzene rings is 1. The van der Waals surface area contributed by atoms with Crippen molar-refractivity contribution in [1.29, 1.82) is 0 Å². The third kappa shape index (κ3) is 3.74. The Kier molecular flexibility index (Phi) is 5.56. The van der Waals surface area contributed by atoms with Gasteiger partial charge in [-0.25, -0.2) is 0 Å². The zero-order valence-corrected chi connectivity index (χ0v) is 14.0. The van der Waals surface area contributed by atoms with Crippen molar-refractivity contribution in [3.05, 3.63) is 28.2 Å². The molecule has 1 aromatic carbocycles. The molecule has 1 unspecified atom stereocenters. The van der Waals surface area contributed by atoms with E-state index >= 15 is 0 Å². The Morgan fingerprint density at radius 3 is 2.72 bits per heavy atom. The van der Waals surface area contributed by atoms with Crippen molar-refractivity contribution in [1.82, 2.24) is 0 Å². The van der Waals surface area contributed by atoms with Gasteiger partial charge in [0.25, 0.3) is 0 Å². The zero-order valence-electron chi connectivity index (χ0n) is 10.8. The summed E-state index contributed by atoms with van der Waals surface area (Å²) in [5.74, 6) is 1.88. The van der Waals surface area contributed by atoms with Gasteiger partial charge >= 0.3 is 0 Å². The third-order valence-corrected chi connectivity index (χ3v) is 5.54. The molecule has 1 aromatic rings. The van der Waals surface area contributed by atoms with Gasteiger partial charge in [-0.15, -0.1) is 0 Å². The van der Waals surface area contributed by atoms with E-state index < -0.39 is 0 Å². The second kappa shape index (κ2) is 6.95. The number of ether oxygens (including phenoxy) is 1. The molecule has 1 aliphatic carbocycles. The fraction of sp³-hybridized carbons (Fsp3) is 0.600. The van der Waals surface area contributed by atoms with Gasteiger partial charge in [-0.05, 0) is 55.4 Å². The van der Waals surface area contributed by atoms with Crippen molar-refractivity contribution in [2.45, 2.75) is 43.4 Å². The molecule has 0 radical (unpaired) electrons. The Hall–Kier alpha value is -0.0200. The summed E-state index contributed by atoms with van der Waals surface area (Å²) >= 11 is 7.41. The van der Waals surface area contributed by atoms with Crippen molar-refractivity contribution in [3.63, 3.8) is 0 Å². The van der Waals surface area contributed by atoms with Crippen LogP contribution < -0.4 is 4.74 Å². The summed E-state index contributed by atoms with van der Waals surface area (Å²) < 4.78 is 6.55. The van der Waals surface area contributed by atoms with E-state index in [1.165, 1.54) is 37.7 Å². The molecule has 0 bridgehead atoms. The zero-order chi connectivity index (χ0) is 13.0. The summed E-state index contributed by atoms with van der Waals surface area (Å²) in [6.45, 7) is 0. The number of methoxy groups -OCH3 is 1. The van der Waals surface area contributed by atoms with Crippen LogP contribution in [0.2, 0.25) is 0 Å². The number of aryl methyl sites for hydroxylation is 1. The molecule has 1 fully saturated rings. The summed E-state index contributed by atoms with van der Waals surface area (Å²) in [6.07, 6.45) is 7.88. The lowest BCUT2D eigenvalue weighted by atomic mass is 9.98. The molecule has 1 aliphatic rings.